The summed E-state index contributed by atoms with van der Waals surface area (Å²) in [6, 6.07) is 39.1. The van der Waals surface area contributed by atoms with Gasteiger partial charge < -0.3 is 0 Å². The van der Waals surface area contributed by atoms with E-state index in [4.69, 9.17) is 0 Å². The van der Waals surface area contributed by atoms with Gasteiger partial charge in [0.2, 0.25) is 14.6 Å². The molecule has 190 valence electrons. The number of benzene rings is 4. The van der Waals surface area contributed by atoms with E-state index in [1.165, 1.54) is 0 Å². The molecule has 4 aromatic rings. The van der Waals surface area contributed by atoms with Crippen molar-refractivity contribution in [2.24, 2.45) is 5.92 Å². The van der Waals surface area contributed by atoms with E-state index in [1.807, 2.05) is 121 Å². The summed E-state index contributed by atoms with van der Waals surface area (Å²) in [5, 5.41) is 10.4. The molecule has 37 heavy (non-hydrogen) atoms. The van der Waals surface area contributed by atoms with Crippen molar-refractivity contribution in [1.29, 1.82) is 0 Å². The van der Waals surface area contributed by atoms with Crippen LogP contribution in [0.4, 0.5) is 0 Å². The van der Waals surface area contributed by atoms with Gasteiger partial charge in [0.05, 0.1) is 0 Å². The molecule has 0 spiro atoms. The molecule has 0 aromatic heterocycles. The van der Waals surface area contributed by atoms with Crippen LogP contribution < -0.4 is 31.4 Å². The Balaban J connectivity index is 1.34. The lowest BCUT2D eigenvalue weighted by atomic mass is 9.86. The standard InChI is InChI=1S/C31H34N2O2P2/c34-36(28-16-5-1-6-17-28,29-18-7-2-8-19-29)32-25-26-14-13-15-27(24-26)33-37(35,30-20-9-3-10-21-30)31-22-11-4-12-23-31/h1-12,16-23,26-27H,13-15,24-25H2,(H,32,34)(H,33,35). The van der Waals surface area contributed by atoms with E-state index in [1.54, 1.807) is 0 Å². The number of hydrogen-bond acceptors (Lipinski definition) is 2. The first-order valence-corrected chi connectivity index (χ1v) is 16.4. The van der Waals surface area contributed by atoms with Crippen LogP contribution in [-0.4, -0.2) is 12.6 Å². The highest BCUT2D eigenvalue weighted by molar-refractivity contribution is 7.77. The number of hydrogen-bond donors (Lipinski definition) is 2. The molecule has 6 heteroatoms. The van der Waals surface area contributed by atoms with Crippen LogP contribution in [0.1, 0.15) is 25.7 Å². The molecular formula is C31H34N2O2P2. The van der Waals surface area contributed by atoms with E-state index in [-0.39, 0.29) is 6.04 Å². The summed E-state index contributed by atoms with van der Waals surface area (Å²) in [6.07, 6.45) is 3.99. The lowest BCUT2D eigenvalue weighted by molar-refractivity contribution is 0.309. The maximum Gasteiger partial charge on any atom is 0.204 e. The third-order valence-electron chi connectivity index (χ3n) is 7.23. The lowest BCUT2D eigenvalue weighted by Gasteiger charge is -2.34. The van der Waals surface area contributed by atoms with Crippen LogP contribution in [0, 0.1) is 5.92 Å². The zero-order valence-corrected chi connectivity index (χ0v) is 22.7. The summed E-state index contributed by atoms with van der Waals surface area (Å²) in [4.78, 5) is 0. The van der Waals surface area contributed by atoms with E-state index in [0.717, 1.165) is 46.9 Å². The summed E-state index contributed by atoms with van der Waals surface area (Å²) in [6.45, 7) is 0.653. The van der Waals surface area contributed by atoms with Gasteiger partial charge in [0.25, 0.3) is 0 Å². The van der Waals surface area contributed by atoms with Gasteiger partial charge in [-0.3, -0.25) is 19.3 Å². The normalized spacial score (nSPS) is 18.4. The maximum atomic E-state index is 14.5. The lowest BCUT2D eigenvalue weighted by Crippen LogP contribution is -2.40. The Morgan fingerprint density at radius 2 is 0.973 bits per heavy atom. The van der Waals surface area contributed by atoms with Crippen LogP contribution in [0.15, 0.2) is 121 Å². The fraction of sp³-hybridized carbons (Fsp3) is 0.226. The Morgan fingerprint density at radius 1 is 0.568 bits per heavy atom. The molecule has 1 aliphatic rings. The molecule has 2 atom stereocenters. The first kappa shape index (κ1) is 25.9. The molecule has 4 aromatic carbocycles. The van der Waals surface area contributed by atoms with Crippen molar-refractivity contribution in [3.63, 3.8) is 0 Å². The minimum absolute atomic E-state index is 0.125. The highest BCUT2D eigenvalue weighted by Crippen LogP contribution is 2.43. The van der Waals surface area contributed by atoms with Crippen molar-refractivity contribution in [2.45, 2.75) is 31.7 Å². The molecule has 2 N–H and O–H groups in total. The Kier molecular flexibility index (Phi) is 8.23. The molecule has 0 heterocycles. The topological polar surface area (TPSA) is 58.2 Å². The molecule has 4 nitrogen and oxygen atoms in total. The predicted molar refractivity (Wildman–Crippen MR) is 156 cm³/mol. The quantitative estimate of drug-likeness (QED) is 0.279. The highest BCUT2D eigenvalue weighted by Gasteiger charge is 2.34. The van der Waals surface area contributed by atoms with Crippen molar-refractivity contribution in [1.82, 2.24) is 10.2 Å². The van der Waals surface area contributed by atoms with Crippen molar-refractivity contribution in [3.05, 3.63) is 121 Å². The Bertz CT molecular complexity index is 1280. The average molecular weight is 529 g/mol. The van der Waals surface area contributed by atoms with E-state index in [0.29, 0.717) is 12.5 Å². The fourth-order valence-electron chi connectivity index (χ4n) is 5.29. The van der Waals surface area contributed by atoms with Crippen LogP contribution in [0.2, 0.25) is 0 Å². The van der Waals surface area contributed by atoms with E-state index in [2.05, 4.69) is 10.2 Å². The summed E-state index contributed by atoms with van der Waals surface area (Å²) in [7, 11) is -5.96. The second-order valence-electron chi connectivity index (χ2n) is 9.78. The van der Waals surface area contributed by atoms with Gasteiger partial charge in [0.15, 0.2) is 0 Å². The summed E-state index contributed by atoms with van der Waals surface area (Å²) < 4.78 is 28.9. The van der Waals surface area contributed by atoms with Crippen LogP contribution in [0.5, 0.6) is 0 Å². The third-order valence-corrected chi connectivity index (χ3v) is 12.7. The molecule has 0 radical (unpaired) electrons. The van der Waals surface area contributed by atoms with Crippen LogP contribution in [-0.2, 0) is 9.13 Å². The zero-order chi connectivity index (χ0) is 25.6. The highest BCUT2D eigenvalue weighted by atomic mass is 31.2. The molecule has 0 amide bonds. The molecule has 2 unspecified atom stereocenters. The van der Waals surface area contributed by atoms with Gasteiger partial charge in [-0.05, 0) is 73.7 Å². The summed E-state index contributed by atoms with van der Waals surface area (Å²) in [5.41, 5.74) is 0. The van der Waals surface area contributed by atoms with E-state index < -0.39 is 14.6 Å². The Labute approximate surface area is 220 Å². The molecule has 1 fully saturated rings. The molecule has 0 saturated heterocycles. The first-order valence-electron chi connectivity index (χ1n) is 13.0. The van der Waals surface area contributed by atoms with Gasteiger partial charge in [0.1, 0.15) is 0 Å². The molecule has 0 bridgehead atoms. The number of rotatable bonds is 9. The van der Waals surface area contributed by atoms with Gasteiger partial charge in [-0.1, -0.05) is 79.2 Å². The number of nitrogens with one attached hydrogen (secondary N) is 2. The largest absolute Gasteiger partial charge is 0.297 e. The minimum Gasteiger partial charge on any atom is -0.297 e. The van der Waals surface area contributed by atoms with Crippen LogP contribution >= 0.6 is 14.6 Å². The Hall–Kier alpha value is -2.74. The van der Waals surface area contributed by atoms with Gasteiger partial charge in [-0.2, -0.15) is 0 Å². The zero-order valence-electron chi connectivity index (χ0n) is 20.9. The second-order valence-corrected chi connectivity index (χ2v) is 14.9. The van der Waals surface area contributed by atoms with Crippen molar-refractivity contribution in [2.75, 3.05) is 6.54 Å². The molecular weight excluding hydrogens is 494 g/mol. The predicted octanol–water partition coefficient (Wildman–Crippen LogP) is 5.58. The SMILES string of the molecule is O=P(NCC1CCCC(NP(=O)(c2ccccc2)c2ccccc2)C1)(c1ccccc1)c1ccccc1. The monoisotopic (exact) mass is 528 g/mol. The smallest absolute Gasteiger partial charge is 0.204 e. The van der Waals surface area contributed by atoms with Crippen LogP contribution in [0.25, 0.3) is 0 Å². The summed E-state index contributed by atoms with van der Waals surface area (Å²) >= 11 is 0. The molecule has 0 aliphatic heterocycles. The van der Waals surface area contributed by atoms with Gasteiger partial charge in [-0.15, -0.1) is 0 Å². The van der Waals surface area contributed by atoms with E-state index >= 15 is 0 Å². The minimum atomic E-state index is -2.99. The van der Waals surface area contributed by atoms with Gasteiger partial charge >= 0.3 is 0 Å². The van der Waals surface area contributed by atoms with Crippen molar-refractivity contribution < 1.29 is 9.13 Å². The fourth-order valence-corrected chi connectivity index (χ4v) is 10.2. The first-order chi connectivity index (χ1) is 18.1. The summed E-state index contributed by atoms with van der Waals surface area (Å²) in [5.74, 6) is 0.340. The maximum absolute atomic E-state index is 14.5. The van der Waals surface area contributed by atoms with Crippen molar-refractivity contribution >= 4 is 35.8 Å². The Morgan fingerprint density at radius 3 is 1.41 bits per heavy atom. The second kappa shape index (κ2) is 11.8. The third kappa shape index (κ3) is 5.89. The molecule has 5 rings (SSSR count). The molecule has 1 saturated carbocycles. The van der Waals surface area contributed by atoms with Crippen LogP contribution in [0.3, 0.4) is 0 Å². The van der Waals surface area contributed by atoms with Crippen molar-refractivity contribution in [3.8, 4) is 0 Å². The molecule has 1 aliphatic carbocycles. The van der Waals surface area contributed by atoms with Gasteiger partial charge in [0, 0.05) is 33.8 Å². The average Bonchev–Trinajstić information content (AvgIpc) is 2.98. The van der Waals surface area contributed by atoms with E-state index in [9.17, 15) is 9.13 Å². The van der Waals surface area contributed by atoms with Gasteiger partial charge in [-0.25, -0.2) is 0 Å².